The Morgan fingerprint density at radius 2 is 1.60 bits per heavy atom. The molecule has 1 saturated heterocycles. The quantitative estimate of drug-likeness (QED) is 0.377. The molecule has 9 heteroatoms. The molecule has 2 aromatic carbocycles. The topological polar surface area (TPSA) is 91.6 Å². The van der Waals surface area contributed by atoms with Crippen LogP contribution in [0, 0.1) is 0 Å². The lowest BCUT2D eigenvalue weighted by Crippen LogP contribution is -2.22. The van der Waals surface area contributed by atoms with Crippen molar-refractivity contribution < 1.29 is 24.5 Å². The van der Waals surface area contributed by atoms with E-state index in [2.05, 4.69) is 5.10 Å². The Morgan fingerprint density at radius 3 is 2.20 bits per heavy atom. The van der Waals surface area contributed by atoms with Gasteiger partial charge in [-0.05, 0) is 73.6 Å². The van der Waals surface area contributed by atoms with Gasteiger partial charge in [-0.25, -0.2) is 0 Å². The number of phenolic OH excluding ortho intramolecular Hbond substituents is 2. The van der Waals surface area contributed by atoms with Gasteiger partial charge in [-0.1, -0.05) is 17.8 Å². The van der Waals surface area contributed by atoms with Gasteiger partial charge in [0, 0.05) is 0 Å². The summed E-state index contributed by atoms with van der Waals surface area (Å²) >= 11 is 6.42. The first-order valence-electron chi connectivity index (χ1n) is 9.16. The molecule has 1 heterocycles. The highest BCUT2D eigenvalue weighted by Crippen LogP contribution is 2.35. The molecular weight excluding hydrogens is 424 g/mol. The van der Waals surface area contributed by atoms with Crippen LogP contribution in [0.4, 0.5) is 0 Å². The van der Waals surface area contributed by atoms with Crippen molar-refractivity contribution in [3.05, 3.63) is 52.4 Å². The van der Waals surface area contributed by atoms with E-state index in [0.29, 0.717) is 45.1 Å². The van der Waals surface area contributed by atoms with E-state index >= 15 is 0 Å². The van der Waals surface area contributed by atoms with Crippen LogP contribution in [0.25, 0.3) is 6.08 Å². The fourth-order valence-electron chi connectivity index (χ4n) is 2.61. The zero-order valence-corrected chi connectivity index (χ0v) is 18.0. The third-order valence-corrected chi connectivity index (χ3v) is 5.24. The number of hydrogen-bond acceptors (Lipinski definition) is 8. The number of thiocarbonyl (C=S) groups is 1. The first-order valence-corrected chi connectivity index (χ1v) is 10.4. The summed E-state index contributed by atoms with van der Waals surface area (Å²) < 4.78 is 11.0. The summed E-state index contributed by atoms with van der Waals surface area (Å²) in [6.07, 6.45) is 3.15. The van der Waals surface area contributed by atoms with E-state index in [1.54, 1.807) is 30.3 Å². The number of rotatable bonds is 7. The van der Waals surface area contributed by atoms with Crippen LogP contribution in [0.2, 0.25) is 0 Å². The summed E-state index contributed by atoms with van der Waals surface area (Å²) in [4.78, 5) is 13.1. The average molecular weight is 445 g/mol. The van der Waals surface area contributed by atoms with Gasteiger partial charge in [0.05, 0.1) is 24.3 Å². The molecule has 156 valence electrons. The number of hydrogen-bond donors (Lipinski definition) is 2. The predicted octanol–water partition coefficient (Wildman–Crippen LogP) is 4.13. The summed E-state index contributed by atoms with van der Waals surface area (Å²) in [7, 11) is 0. The number of hydrazone groups is 1. The number of carbonyl (C=O) groups excluding carboxylic acids is 1. The number of ether oxygens (including phenoxy) is 2. The van der Waals surface area contributed by atoms with Gasteiger partial charge in [-0.3, -0.25) is 4.79 Å². The van der Waals surface area contributed by atoms with Crippen molar-refractivity contribution in [3.8, 4) is 23.0 Å². The molecule has 1 amide bonds. The summed E-state index contributed by atoms with van der Waals surface area (Å²) in [6, 6.07) is 9.62. The Hall–Kier alpha value is -3.04. The molecule has 1 aliphatic heterocycles. The first-order chi connectivity index (χ1) is 14.4. The van der Waals surface area contributed by atoms with Crippen molar-refractivity contribution in [3.63, 3.8) is 0 Å². The molecule has 1 aliphatic rings. The minimum absolute atomic E-state index is 0.0304. The average Bonchev–Trinajstić information content (AvgIpc) is 2.98. The van der Waals surface area contributed by atoms with E-state index in [1.165, 1.54) is 18.3 Å². The highest BCUT2D eigenvalue weighted by Gasteiger charge is 2.32. The standard InChI is InChI=1S/C21H20N2O5S2/c1-3-27-17-9-13(5-7-15(17)24)11-19-20(26)23(21(29)30-19)22-12-14-6-8-16(25)18(10-14)28-4-2/h5-12,24-25H,3-4H2,1-2H3/b19-11?,22-12+. The van der Waals surface area contributed by atoms with Crippen LogP contribution >= 0.6 is 24.0 Å². The Kier molecular flexibility index (Phi) is 6.96. The molecule has 2 aromatic rings. The van der Waals surface area contributed by atoms with Crippen LogP contribution in [0.3, 0.4) is 0 Å². The number of carbonyl (C=O) groups is 1. The van der Waals surface area contributed by atoms with E-state index in [1.807, 2.05) is 13.8 Å². The lowest BCUT2D eigenvalue weighted by molar-refractivity contribution is -0.122. The molecule has 1 fully saturated rings. The van der Waals surface area contributed by atoms with E-state index < -0.39 is 0 Å². The van der Waals surface area contributed by atoms with Crippen molar-refractivity contribution >= 4 is 46.5 Å². The highest BCUT2D eigenvalue weighted by atomic mass is 32.2. The molecular formula is C21H20N2O5S2. The van der Waals surface area contributed by atoms with Gasteiger partial charge in [0.1, 0.15) is 0 Å². The van der Waals surface area contributed by atoms with Gasteiger partial charge in [-0.15, -0.1) is 0 Å². The fourth-order valence-corrected chi connectivity index (χ4v) is 3.78. The van der Waals surface area contributed by atoms with Gasteiger partial charge < -0.3 is 19.7 Å². The summed E-state index contributed by atoms with van der Waals surface area (Å²) in [6.45, 7) is 4.46. The van der Waals surface area contributed by atoms with Gasteiger partial charge in [-0.2, -0.15) is 10.1 Å². The van der Waals surface area contributed by atoms with E-state index in [0.717, 1.165) is 16.8 Å². The maximum Gasteiger partial charge on any atom is 0.286 e. The van der Waals surface area contributed by atoms with Crippen molar-refractivity contribution in [2.75, 3.05) is 13.2 Å². The molecule has 30 heavy (non-hydrogen) atoms. The lowest BCUT2D eigenvalue weighted by atomic mass is 10.2. The molecule has 2 N–H and O–H groups in total. The van der Waals surface area contributed by atoms with Crippen LogP contribution in [-0.2, 0) is 4.79 Å². The third-order valence-electron chi connectivity index (χ3n) is 3.96. The normalized spacial score (nSPS) is 15.4. The third kappa shape index (κ3) is 4.92. The monoisotopic (exact) mass is 444 g/mol. The van der Waals surface area contributed by atoms with Gasteiger partial charge in [0.25, 0.3) is 5.91 Å². The van der Waals surface area contributed by atoms with Gasteiger partial charge >= 0.3 is 0 Å². The molecule has 0 radical (unpaired) electrons. The smallest absolute Gasteiger partial charge is 0.286 e. The van der Waals surface area contributed by atoms with Crippen LogP contribution in [0.15, 0.2) is 46.4 Å². The molecule has 0 saturated carbocycles. The van der Waals surface area contributed by atoms with Crippen LogP contribution in [0.1, 0.15) is 25.0 Å². The van der Waals surface area contributed by atoms with E-state index in [4.69, 9.17) is 21.7 Å². The second-order valence-corrected chi connectivity index (χ2v) is 7.73. The molecule has 3 rings (SSSR count). The number of aromatic hydroxyl groups is 2. The zero-order chi connectivity index (χ0) is 21.7. The van der Waals surface area contributed by atoms with Crippen molar-refractivity contribution in [1.82, 2.24) is 5.01 Å². The number of benzene rings is 2. The SMILES string of the molecule is CCOc1cc(C=C2SC(=S)N(/N=C/c3ccc(O)c(OCC)c3)C2=O)ccc1O. The largest absolute Gasteiger partial charge is 0.504 e. The Morgan fingerprint density at radius 1 is 1.03 bits per heavy atom. The van der Waals surface area contributed by atoms with E-state index in [9.17, 15) is 15.0 Å². The van der Waals surface area contributed by atoms with Crippen molar-refractivity contribution in [2.45, 2.75) is 13.8 Å². The van der Waals surface area contributed by atoms with Crippen molar-refractivity contribution in [2.24, 2.45) is 5.10 Å². The first kappa shape index (κ1) is 21.7. The molecule has 0 aromatic heterocycles. The fraction of sp³-hybridized carbons (Fsp3) is 0.190. The predicted molar refractivity (Wildman–Crippen MR) is 121 cm³/mol. The van der Waals surface area contributed by atoms with Gasteiger partial charge in [0.2, 0.25) is 0 Å². The van der Waals surface area contributed by atoms with Crippen LogP contribution < -0.4 is 9.47 Å². The van der Waals surface area contributed by atoms with E-state index in [-0.39, 0.29) is 17.4 Å². The minimum atomic E-state index is -0.351. The minimum Gasteiger partial charge on any atom is -0.504 e. The summed E-state index contributed by atoms with van der Waals surface area (Å²) in [5.74, 6) is 0.395. The Labute approximate surface area is 183 Å². The maximum absolute atomic E-state index is 12.7. The maximum atomic E-state index is 12.7. The number of thioether (sulfide) groups is 1. The zero-order valence-electron chi connectivity index (χ0n) is 16.4. The molecule has 0 unspecified atom stereocenters. The second-order valence-electron chi connectivity index (χ2n) is 6.06. The number of nitrogens with zero attached hydrogens (tertiary/aromatic N) is 2. The summed E-state index contributed by atoms with van der Waals surface area (Å²) in [5, 5.41) is 24.9. The molecule has 0 spiro atoms. The highest BCUT2D eigenvalue weighted by molar-refractivity contribution is 8.26. The molecule has 0 aliphatic carbocycles. The van der Waals surface area contributed by atoms with Crippen LogP contribution in [0.5, 0.6) is 23.0 Å². The molecule has 0 bridgehead atoms. The molecule has 0 atom stereocenters. The number of phenols is 2. The Balaban J connectivity index is 1.80. The van der Waals surface area contributed by atoms with Gasteiger partial charge in [0.15, 0.2) is 27.3 Å². The Bertz CT molecular complexity index is 1040. The van der Waals surface area contributed by atoms with Crippen LogP contribution in [-0.4, -0.2) is 44.9 Å². The van der Waals surface area contributed by atoms with Crippen molar-refractivity contribution in [1.29, 1.82) is 0 Å². The molecule has 7 nitrogen and oxygen atoms in total. The summed E-state index contributed by atoms with van der Waals surface area (Å²) in [5.41, 5.74) is 1.34. The lowest BCUT2D eigenvalue weighted by Gasteiger charge is -2.08. The number of amides is 1. The second kappa shape index (κ2) is 9.64.